The number of benzene rings is 1. The Morgan fingerprint density at radius 1 is 1.47 bits per heavy atom. The van der Waals surface area contributed by atoms with E-state index in [1.165, 1.54) is 5.56 Å². The molecule has 0 unspecified atom stereocenters. The second kappa shape index (κ2) is 4.79. The molecule has 0 aromatic heterocycles. The van der Waals surface area contributed by atoms with E-state index in [1.807, 2.05) is 36.2 Å². The minimum Gasteiger partial charge on any atom is -0.333 e. The topological polar surface area (TPSA) is 56.5 Å². The second-order valence-corrected chi connectivity index (χ2v) is 3.94. The molecule has 1 amide bonds. The number of carbonyl (C=O) groups is 1. The van der Waals surface area contributed by atoms with Crippen LogP contribution in [0.15, 0.2) is 29.3 Å². The van der Waals surface area contributed by atoms with Gasteiger partial charge in [-0.3, -0.25) is 4.79 Å². The lowest BCUT2D eigenvalue weighted by Gasteiger charge is -2.28. The zero-order chi connectivity index (χ0) is 12.3. The Bertz CT molecular complexity index is 514. The Hall–Kier alpha value is -2.15. The van der Waals surface area contributed by atoms with Crippen LogP contribution in [0.5, 0.6) is 0 Å². The van der Waals surface area contributed by atoms with E-state index in [4.69, 9.17) is 5.26 Å². The molecule has 0 saturated heterocycles. The zero-order valence-electron chi connectivity index (χ0n) is 9.68. The first-order valence-electron chi connectivity index (χ1n) is 5.51. The van der Waals surface area contributed by atoms with E-state index in [0.717, 1.165) is 24.4 Å². The molecule has 4 heteroatoms. The summed E-state index contributed by atoms with van der Waals surface area (Å²) in [6.45, 7) is 0. The first-order chi connectivity index (χ1) is 8.22. The van der Waals surface area contributed by atoms with Crippen LogP contribution >= 0.6 is 0 Å². The summed E-state index contributed by atoms with van der Waals surface area (Å²) in [7, 11) is 1.90. The average Bonchev–Trinajstić information content (AvgIpc) is 2.33. The molecule has 0 fully saturated rings. The highest BCUT2D eigenvalue weighted by atomic mass is 16.1. The van der Waals surface area contributed by atoms with Crippen molar-refractivity contribution in [2.45, 2.75) is 19.3 Å². The molecule has 1 aliphatic heterocycles. The molecule has 4 nitrogen and oxygen atoms in total. The molecule has 0 radical (unpaired) electrons. The van der Waals surface area contributed by atoms with Crippen molar-refractivity contribution < 1.29 is 4.79 Å². The van der Waals surface area contributed by atoms with E-state index in [1.54, 1.807) is 0 Å². The van der Waals surface area contributed by atoms with Crippen LogP contribution in [0, 0.1) is 11.3 Å². The summed E-state index contributed by atoms with van der Waals surface area (Å²) in [5, 5.41) is 8.44. The number of fused-ring (bicyclic) bond motifs is 1. The van der Waals surface area contributed by atoms with Gasteiger partial charge in [-0.15, -0.1) is 0 Å². The minimum absolute atomic E-state index is 0.154. The van der Waals surface area contributed by atoms with Crippen LogP contribution in [-0.4, -0.2) is 18.8 Å². The molecular weight excluding hydrogens is 214 g/mol. The maximum atomic E-state index is 11.3. The standard InChI is InChI=1S/C13H13N3O/c1-16-11-5-3-2-4-10(11)6-7-12(16)15-13(17)8-9-14/h2-5H,6-8H2,1H3. The molecule has 0 N–H and O–H groups in total. The average molecular weight is 227 g/mol. The van der Waals surface area contributed by atoms with Crippen molar-refractivity contribution in [1.82, 2.24) is 0 Å². The van der Waals surface area contributed by atoms with Gasteiger partial charge in [-0.2, -0.15) is 10.3 Å². The highest BCUT2D eigenvalue weighted by Gasteiger charge is 2.19. The monoisotopic (exact) mass is 227 g/mol. The van der Waals surface area contributed by atoms with Gasteiger partial charge in [0.2, 0.25) is 0 Å². The highest BCUT2D eigenvalue weighted by molar-refractivity contribution is 6.05. The Balaban J connectivity index is 2.26. The van der Waals surface area contributed by atoms with E-state index < -0.39 is 0 Å². The largest absolute Gasteiger partial charge is 0.333 e. The van der Waals surface area contributed by atoms with Crippen molar-refractivity contribution >= 4 is 17.4 Å². The fourth-order valence-corrected chi connectivity index (χ4v) is 1.98. The number of aryl methyl sites for hydroxylation is 1. The van der Waals surface area contributed by atoms with E-state index in [9.17, 15) is 4.79 Å². The third kappa shape index (κ3) is 2.34. The number of para-hydroxylation sites is 1. The van der Waals surface area contributed by atoms with Crippen molar-refractivity contribution in [2.24, 2.45) is 4.99 Å². The number of nitriles is 1. The fraction of sp³-hybridized carbons (Fsp3) is 0.308. The van der Waals surface area contributed by atoms with Gasteiger partial charge in [-0.25, -0.2) is 0 Å². The van der Waals surface area contributed by atoms with Crippen LogP contribution in [0.4, 0.5) is 5.69 Å². The molecule has 0 saturated carbocycles. The van der Waals surface area contributed by atoms with Crippen molar-refractivity contribution in [3.8, 4) is 6.07 Å². The number of amides is 1. The van der Waals surface area contributed by atoms with Crippen LogP contribution < -0.4 is 4.90 Å². The van der Waals surface area contributed by atoms with Gasteiger partial charge in [0.05, 0.1) is 6.07 Å². The van der Waals surface area contributed by atoms with Gasteiger partial charge in [-0.1, -0.05) is 18.2 Å². The number of anilines is 1. The van der Waals surface area contributed by atoms with Crippen molar-refractivity contribution in [1.29, 1.82) is 5.26 Å². The first kappa shape index (κ1) is 11.3. The lowest BCUT2D eigenvalue weighted by Crippen LogP contribution is -2.32. The smallest absolute Gasteiger partial charge is 0.261 e. The van der Waals surface area contributed by atoms with Gasteiger partial charge in [0.1, 0.15) is 12.3 Å². The third-order valence-electron chi connectivity index (χ3n) is 2.84. The summed E-state index contributed by atoms with van der Waals surface area (Å²) in [6.07, 6.45) is 1.48. The predicted molar refractivity (Wildman–Crippen MR) is 65.8 cm³/mol. The van der Waals surface area contributed by atoms with Gasteiger partial charge >= 0.3 is 0 Å². The molecule has 1 aromatic rings. The molecule has 0 bridgehead atoms. The lowest BCUT2D eigenvalue weighted by atomic mass is 10.0. The Labute approximate surface area is 100 Å². The lowest BCUT2D eigenvalue weighted by molar-refractivity contribution is -0.116. The normalized spacial score (nSPS) is 16.5. The van der Waals surface area contributed by atoms with Crippen LogP contribution in [-0.2, 0) is 11.2 Å². The quantitative estimate of drug-likeness (QED) is 0.736. The SMILES string of the molecule is CN1C(=NC(=O)CC#N)CCc2ccccc21. The second-order valence-electron chi connectivity index (χ2n) is 3.94. The maximum absolute atomic E-state index is 11.3. The van der Waals surface area contributed by atoms with Gasteiger partial charge in [0, 0.05) is 19.2 Å². The Morgan fingerprint density at radius 3 is 3.00 bits per heavy atom. The summed E-state index contributed by atoms with van der Waals surface area (Å²) >= 11 is 0. The summed E-state index contributed by atoms with van der Waals surface area (Å²) < 4.78 is 0. The highest BCUT2D eigenvalue weighted by Crippen LogP contribution is 2.26. The zero-order valence-corrected chi connectivity index (χ0v) is 9.68. The number of aliphatic imine (C=N–C) groups is 1. The number of carbonyl (C=O) groups excluding carboxylic acids is 1. The van der Waals surface area contributed by atoms with Crippen LogP contribution in [0.2, 0.25) is 0 Å². The molecule has 17 heavy (non-hydrogen) atoms. The Morgan fingerprint density at radius 2 is 2.24 bits per heavy atom. The third-order valence-corrected chi connectivity index (χ3v) is 2.84. The molecule has 2 rings (SSSR count). The summed E-state index contributed by atoms with van der Waals surface area (Å²) in [6, 6.07) is 9.89. The van der Waals surface area contributed by atoms with E-state index in [0.29, 0.717) is 0 Å². The minimum atomic E-state index is -0.367. The van der Waals surface area contributed by atoms with Crippen LogP contribution in [0.1, 0.15) is 18.4 Å². The summed E-state index contributed by atoms with van der Waals surface area (Å²) in [5.41, 5.74) is 2.35. The van der Waals surface area contributed by atoms with Crippen LogP contribution in [0.3, 0.4) is 0 Å². The molecule has 0 atom stereocenters. The molecule has 86 valence electrons. The molecule has 0 aliphatic carbocycles. The van der Waals surface area contributed by atoms with Crippen molar-refractivity contribution in [3.05, 3.63) is 29.8 Å². The molecule has 0 spiro atoms. The summed E-state index contributed by atoms with van der Waals surface area (Å²) in [4.78, 5) is 17.2. The number of hydrogen-bond donors (Lipinski definition) is 0. The van der Waals surface area contributed by atoms with Gasteiger partial charge in [0.25, 0.3) is 5.91 Å². The number of hydrogen-bond acceptors (Lipinski definition) is 2. The number of nitrogens with zero attached hydrogens (tertiary/aromatic N) is 3. The number of amidine groups is 1. The Kier molecular flexibility index (Phi) is 3.20. The first-order valence-corrected chi connectivity index (χ1v) is 5.51. The van der Waals surface area contributed by atoms with E-state index in [2.05, 4.69) is 11.1 Å². The van der Waals surface area contributed by atoms with Gasteiger partial charge in [0.15, 0.2) is 0 Å². The number of rotatable bonds is 1. The van der Waals surface area contributed by atoms with E-state index in [-0.39, 0.29) is 12.3 Å². The van der Waals surface area contributed by atoms with Gasteiger partial charge in [-0.05, 0) is 18.1 Å². The van der Waals surface area contributed by atoms with Gasteiger partial charge < -0.3 is 4.90 Å². The van der Waals surface area contributed by atoms with E-state index >= 15 is 0 Å². The molecular formula is C13H13N3O. The molecule has 1 aromatic carbocycles. The van der Waals surface area contributed by atoms with Crippen molar-refractivity contribution in [3.63, 3.8) is 0 Å². The fourth-order valence-electron chi connectivity index (χ4n) is 1.98. The van der Waals surface area contributed by atoms with Crippen LogP contribution in [0.25, 0.3) is 0 Å². The molecule has 1 aliphatic rings. The summed E-state index contributed by atoms with van der Waals surface area (Å²) in [5.74, 6) is 0.373. The maximum Gasteiger partial charge on any atom is 0.261 e. The van der Waals surface area contributed by atoms with Crippen molar-refractivity contribution in [2.75, 3.05) is 11.9 Å². The molecule has 1 heterocycles. The predicted octanol–water partition coefficient (Wildman–Crippen LogP) is 1.91.